The summed E-state index contributed by atoms with van der Waals surface area (Å²) in [5.74, 6) is 1.53. The smallest absolute Gasteiger partial charge is 0.181 e. The van der Waals surface area contributed by atoms with E-state index in [4.69, 9.17) is 0 Å². The Morgan fingerprint density at radius 1 is 1.04 bits per heavy atom. The van der Waals surface area contributed by atoms with E-state index in [-0.39, 0.29) is 0 Å². The molecule has 0 amide bonds. The summed E-state index contributed by atoms with van der Waals surface area (Å²) in [4.78, 5) is 10.8. The molecule has 0 saturated carbocycles. The van der Waals surface area contributed by atoms with E-state index in [0.29, 0.717) is 5.82 Å². The van der Waals surface area contributed by atoms with Crippen molar-refractivity contribution in [1.29, 1.82) is 0 Å². The maximum Gasteiger partial charge on any atom is 0.181 e. The molecule has 0 spiro atoms. The number of hydrogen-bond donors (Lipinski definition) is 2. The first kappa shape index (κ1) is 14.5. The number of fused-ring (bicyclic) bond motifs is 1. The fraction of sp³-hybridized carbons (Fsp3) is 0.176. The lowest BCUT2D eigenvalue weighted by Crippen LogP contribution is -2.11. The van der Waals surface area contributed by atoms with Crippen LogP contribution in [-0.2, 0) is 6.54 Å². The van der Waals surface area contributed by atoms with Crippen LogP contribution in [0.15, 0.2) is 42.7 Å². The predicted octanol–water partition coefficient (Wildman–Crippen LogP) is 2.47. The van der Waals surface area contributed by atoms with Gasteiger partial charge in [0.15, 0.2) is 5.82 Å². The van der Waals surface area contributed by atoms with E-state index in [1.54, 1.807) is 6.20 Å². The summed E-state index contributed by atoms with van der Waals surface area (Å²) in [7, 11) is 4.00. The second-order valence-corrected chi connectivity index (χ2v) is 5.92. The van der Waals surface area contributed by atoms with E-state index in [0.717, 1.165) is 40.1 Å². The van der Waals surface area contributed by atoms with E-state index >= 15 is 0 Å². The molecule has 2 N–H and O–H groups in total. The number of H-pyrrole nitrogens is 2. The minimum atomic E-state index is 0.687. The fourth-order valence-corrected chi connectivity index (χ4v) is 2.67. The zero-order valence-corrected chi connectivity index (χ0v) is 13.5. The molecule has 120 valence electrons. The van der Waals surface area contributed by atoms with Crippen molar-refractivity contribution in [3.05, 3.63) is 48.5 Å². The number of aromatic amines is 2. The van der Waals surface area contributed by atoms with Crippen LogP contribution in [0.4, 0.5) is 0 Å². The molecule has 24 heavy (non-hydrogen) atoms. The van der Waals surface area contributed by atoms with Gasteiger partial charge in [-0.25, -0.2) is 4.98 Å². The number of hydrogen-bond acceptors (Lipinski definition) is 5. The molecule has 0 aliphatic carbocycles. The standard InChI is InChI=1S/C17H17N7/c1-24(2)10-15-19-17(23-21-15)11-5-6-14-13(8-11)16(22-20-14)12-4-3-7-18-9-12/h3-9H,10H2,1-2H3,(H,20,22)(H,19,21,23). The van der Waals surface area contributed by atoms with Crippen molar-refractivity contribution in [3.8, 4) is 22.6 Å². The Morgan fingerprint density at radius 2 is 1.96 bits per heavy atom. The van der Waals surface area contributed by atoms with Gasteiger partial charge in [0.25, 0.3) is 0 Å². The zero-order chi connectivity index (χ0) is 16.5. The zero-order valence-electron chi connectivity index (χ0n) is 13.5. The summed E-state index contributed by atoms with van der Waals surface area (Å²) in [6.45, 7) is 0.724. The summed E-state index contributed by atoms with van der Waals surface area (Å²) in [6.07, 6.45) is 3.56. The van der Waals surface area contributed by atoms with Gasteiger partial charge < -0.3 is 4.90 Å². The van der Waals surface area contributed by atoms with Crippen molar-refractivity contribution in [1.82, 2.24) is 35.3 Å². The highest BCUT2D eigenvalue weighted by Crippen LogP contribution is 2.28. The highest BCUT2D eigenvalue weighted by Gasteiger charge is 2.12. The first-order valence-corrected chi connectivity index (χ1v) is 7.65. The van der Waals surface area contributed by atoms with E-state index in [9.17, 15) is 0 Å². The van der Waals surface area contributed by atoms with Crippen molar-refractivity contribution in [2.75, 3.05) is 14.1 Å². The van der Waals surface area contributed by atoms with Gasteiger partial charge in [0.05, 0.1) is 12.1 Å². The number of rotatable bonds is 4. The lowest BCUT2D eigenvalue weighted by molar-refractivity contribution is 0.391. The Morgan fingerprint density at radius 3 is 2.75 bits per heavy atom. The van der Waals surface area contributed by atoms with Crippen LogP contribution < -0.4 is 0 Å². The summed E-state index contributed by atoms with van der Waals surface area (Å²) in [5, 5.41) is 15.8. The molecule has 0 atom stereocenters. The molecule has 0 fully saturated rings. The van der Waals surface area contributed by atoms with Crippen LogP contribution in [0.2, 0.25) is 0 Å². The molecule has 0 radical (unpaired) electrons. The van der Waals surface area contributed by atoms with Crippen molar-refractivity contribution < 1.29 is 0 Å². The van der Waals surface area contributed by atoms with Gasteiger partial charge in [-0.05, 0) is 44.4 Å². The maximum absolute atomic E-state index is 4.56. The Labute approximate surface area is 138 Å². The number of nitrogens with zero attached hydrogens (tertiary/aromatic N) is 5. The molecule has 3 heterocycles. The topological polar surface area (TPSA) is 86.4 Å². The number of aromatic nitrogens is 6. The Kier molecular flexibility index (Phi) is 3.55. The van der Waals surface area contributed by atoms with Gasteiger partial charge in [-0.1, -0.05) is 0 Å². The van der Waals surface area contributed by atoms with E-state index in [1.807, 2.05) is 49.5 Å². The largest absolute Gasteiger partial charge is 0.302 e. The van der Waals surface area contributed by atoms with Gasteiger partial charge in [-0.2, -0.15) is 10.2 Å². The van der Waals surface area contributed by atoms with Crippen LogP contribution in [0.3, 0.4) is 0 Å². The molecule has 0 unspecified atom stereocenters. The minimum Gasteiger partial charge on any atom is -0.302 e. The van der Waals surface area contributed by atoms with Crippen LogP contribution >= 0.6 is 0 Å². The maximum atomic E-state index is 4.56. The molecular weight excluding hydrogens is 302 g/mol. The minimum absolute atomic E-state index is 0.687. The highest BCUT2D eigenvalue weighted by molar-refractivity contribution is 5.95. The van der Waals surface area contributed by atoms with Gasteiger partial charge in [0, 0.05) is 28.9 Å². The number of nitrogens with one attached hydrogen (secondary N) is 2. The van der Waals surface area contributed by atoms with Gasteiger partial charge in [0.1, 0.15) is 11.5 Å². The summed E-state index contributed by atoms with van der Waals surface area (Å²) >= 11 is 0. The summed E-state index contributed by atoms with van der Waals surface area (Å²) in [6, 6.07) is 9.96. The molecule has 4 aromatic rings. The Hall–Kier alpha value is -3.06. The summed E-state index contributed by atoms with van der Waals surface area (Å²) in [5.41, 5.74) is 3.78. The fourth-order valence-electron chi connectivity index (χ4n) is 2.67. The molecule has 3 aromatic heterocycles. The highest BCUT2D eigenvalue weighted by atomic mass is 15.2. The molecule has 0 aliphatic heterocycles. The summed E-state index contributed by atoms with van der Waals surface area (Å²) < 4.78 is 0. The third kappa shape index (κ3) is 2.65. The molecule has 1 aromatic carbocycles. The average molecular weight is 319 g/mol. The van der Waals surface area contributed by atoms with E-state index in [1.165, 1.54) is 0 Å². The molecule has 7 nitrogen and oxygen atoms in total. The predicted molar refractivity (Wildman–Crippen MR) is 92.1 cm³/mol. The van der Waals surface area contributed by atoms with Gasteiger partial charge in [-0.3, -0.25) is 15.2 Å². The molecular formula is C17H17N7. The molecule has 0 bridgehead atoms. The van der Waals surface area contributed by atoms with Crippen molar-refractivity contribution in [3.63, 3.8) is 0 Å². The van der Waals surface area contributed by atoms with Crippen LogP contribution in [0.5, 0.6) is 0 Å². The van der Waals surface area contributed by atoms with Crippen molar-refractivity contribution in [2.45, 2.75) is 6.54 Å². The monoisotopic (exact) mass is 319 g/mol. The third-order valence-electron chi connectivity index (χ3n) is 3.75. The van der Waals surface area contributed by atoms with Crippen LogP contribution in [0.1, 0.15) is 5.82 Å². The SMILES string of the molecule is CN(C)Cc1nc(-c2ccc3[nH]nc(-c4cccnc4)c3c2)n[nH]1. The average Bonchev–Trinajstić information content (AvgIpc) is 3.21. The lowest BCUT2D eigenvalue weighted by Gasteiger charge is -2.04. The van der Waals surface area contributed by atoms with Crippen LogP contribution in [0, 0.1) is 0 Å². The van der Waals surface area contributed by atoms with Gasteiger partial charge in [0.2, 0.25) is 0 Å². The molecule has 0 aliphatic rings. The van der Waals surface area contributed by atoms with Gasteiger partial charge in [-0.15, -0.1) is 0 Å². The van der Waals surface area contributed by atoms with Crippen LogP contribution in [0.25, 0.3) is 33.5 Å². The Bertz CT molecular complexity index is 969. The van der Waals surface area contributed by atoms with E-state index < -0.39 is 0 Å². The van der Waals surface area contributed by atoms with Crippen molar-refractivity contribution in [2.24, 2.45) is 0 Å². The number of benzene rings is 1. The number of pyridine rings is 1. The molecule has 0 saturated heterocycles. The first-order valence-electron chi connectivity index (χ1n) is 7.65. The normalized spacial score (nSPS) is 11.5. The Balaban J connectivity index is 1.76. The van der Waals surface area contributed by atoms with Crippen LogP contribution in [-0.4, -0.2) is 49.4 Å². The molecule has 4 rings (SSSR count). The first-order chi connectivity index (χ1) is 11.7. The third-order valence-corrected chi connectivity index (χ3v) is 3.75. The van der Waals surface area contributed by atoms with Gasteiger partial charge >= 0.3 is 0 Å². The second kappa shape index (κ2) is 5.86. The second-order valence-electron chi connectivity index (χ2n) is 5.92. The van der Waals surface area contributed by atoms with Crippen molar-refractivity contribution >= 4 is 10.9 Å². The lowest BCUT2D eigenvalue weighted by atomic mass is 10.1. The molecule has 7 heteroatoms. The van der Waals surface area contributed by atoms with E-state index in [2.05, 4.69) is 36.4 Å². The quantitative estimate of drug-likeness (QED) is 0.603.